The predicted molar refractivity (Wildman–Crippen MR) is 113 cm³/mol. The number of benzene rings is 2. The van der Waals surface area contributed by atoms with Crippen molar-refractivity contribution in [1.29, 1.82) is 0 Å². The molecule has 28 heavy (non-hydrogen) atoms. The lowest BCUT2D eigenvalue weighted by atomic mass is 9.91. The van der Waals surface area contributed by atoms with Gasteiger partial charge in [0.25, 0.3) is 0 Å². The molecule has 1 N–H and O–H groups in total. The fraction of sp³-hybridized carbons (Fsp3) is 0.409. The second-order valence-corrected chi connectivity index (χ2v) is 8.02. The molecule has 2 heterocycles. The third-order valence-electron chi connectivity index (χ3n) is 5.37. The minimum Gasteiger partial charge on any atom is -0.493 e. The molecule has 1 saturated heterocycles. The number of nitrogens with one attached hydrogen (secondary N) is 1. The summed E-state index contributed by atoms with van der Waals surface area (Å²) in [5, 5.41) is 4.20. The van der Waals surface area contributed by atoms with E-state index in [0.717, 1.165) is 72.7 Å². The van der Waals surface area contributed by atoms with E-state index in [0.29, 0.717) is 5.92 Å². The molecule has 1 fully saturated rings. The molecule has 1 radical (unpaired) electrons. The summed E-state index contributed by atoms with van der Waals surface area (Å²) >= 11 is 1.41. The van der Waals surface area contributed by atoms with Crippen molar-refractivity contribution in [3.63, 3.8) is 0 Å². The van der Waals surface area contributed by atoms with Crippen LogP contribution >= 0.6 is 11.5 Å². The number of rotatable bonds is 7. The van der Waals surface area contributed by atoms with Gasteiger partial charge >= 0.3 is 0 Å². The molecule has 1 aliphatic heterocycles. The Bertz CT molecular complexity index is 921. The normalized spacial score (nSPS) is 15.8. The van der Waals surface area contributed by atoms with Gasteiger partial charge in [0.2, 0.25) is 0 Å². The number of hydrogen-bond donors (Lipinski definition) is 1. The average Bonchev–Trinajstić information content (AvgIpc) is 3.15. The number of nitrogens with zero attached hydrogens (tertiary/aromatic N) is 2. The Labute approximate surface area is 169 Å². The molecule has 6 heteroatoms. The van der Waals surface area contributed by atoms with Crippen molar-refractivity contribution < 1.29 is 9.13 Å². The molecule has 2 aromatic carbocycles. The van der Waals surface area contributed by atoms with Crippen molar-refractivity contribution in [1.82, 2.24) is 9.27 Å². The van der Waals surface area contributed by atoms with Gasteiger partial charge in [-0.1, -0.05) is 0 Å². The third kappa shape index (κ3) is 4.45. The molecule has 3 aromatic rings. The van der Waals surface area contributed by atoms with Crippen LogP contribution in [0.4, 0.5) is 10.1 Å². The minimum atomic E-state index is -0.185. The van der Waals surface area contributed by atoms with E-state index in [1.165, 1.54) is 11.5 Å². The van der Waals surface area contributed by atoms with Gasteiger partial charge in [-0.25, -0.2) is 4.39 Å². The first-order valence-electron chi connectivity index (χ1n) is 9.82. The fourth-order valence-corrected chi connectivity index (χ4v) is 4.69. The zero-order valence-corrected chi connectivity index (χ0v) is 16.9. The highest BCUT2D eigenvalue weighted by Gasteiger charge is 2.24. The van der Waals surface area contributed by atoms with Gasteiger partial charge in [0.05, 0.1) is 17.0 Å². The van der Waals surface area contributed by atoms with Crippen molar-refractivity contribution in [2.24, 2.45) is 0 Å². The quantitative estimate of drug-likeness (QED) is 0.573. The summed E-state index contributed by atoms with van der Waals surface area (Å²) in [6, 6.07) is 13.9. The Kier molecular flexibility index (Phi) is 6.07. The summed E-state index contributed by atoms with van der Waals surface area (Å²) in [6.07, 6.45) is 3.23. The Hall–Kier alpha value is -2.18. The minimum absolute atomic E-state index is 0.185. The molecule has 4 nitrogen and oxygen atoms in total. The van der Waals surface area contributed by atoms with Crippen molar-refractivity contribution in [3.05, 3.63) is 54.0 Å². The van der Waals surface area contributed by atoms with Gasteiger partial charge in [0.1, 0.15) is 11.6 Å². The first-order chi connectivity index (χ1) is 13.7. The first kappa shape index (κ1) is 19.2. The summed E-state index contributed by atoms with van der Waals surface area (Å²) in [4.78, 5) is 2.51. The SMILES string of the molecule is CNc1[c]ccc(OCCCN2CCC(c3nsc4cc(F)ccc34)CC2)c1. The molecule has 147 valence electrons. The van der Waals surface area contributed by atoms with Gasteiger partial charge in [-0.2, -0.15) is 4.37 Å². The Morgan fingerprint density at radius 3 is 2.96 bits per heavy atom. The summed E-state index contributed by atoms with van der Waals surface area (Å²) in [6.45, 7) is 3.92. The smallest absolute Gasteiger partial charge is 0.124 e. The van der Waals surface area contributed by atoms with Crippen LogP contribution in [0.1, 0.15) is 30.9 Å². The zero-order chi connectivity index (χ0) is 19.3. The van der Waals surface area contributed by atoms with Gasteiger partial charge in [-0.15, -0.1) is 0 Å². The number of aromatic nitrogens is 1. The highest BCUT2D eigenvalue weighted by atomic mass is 32.1. The number of halogens is 1. The molecular weight excluding hydrogens is 373 g/mol. The summed E-state index contributed by atoms with van der Waals surface area (Å²) < 4.78 is 24.8. The van der Waals surface area contributed by atoms with Crippen LogP contribution < -0.4 is 10.1 Å². The van der Waals surface area contributed by atoms with Crippen LogP contribution in [-0.2, 0) is 0 Å². The first-order valence-corrected chi connectivity index (χ1v) is 10.6. The summed E-state index contributed by atoms with van der Waals surface area (Å²) in [5.41, 5.74) is 2.10. The van der Waals surface area contributed by atoms with Crippen LogP contribution in [0.25, 0.3) is 10.1 Å². The molecule has 0 saturated carbocycles. The summed E-state index contributed by atoms with van der Waals surface area (Å²) in [7, 11) is 1.88. The van der Waals surface area contributed by atoms with Gasteiger partial charge < -0.3 is 15.0 Å². The molecule has 0 atom stereocenters. The maximum absolute atomic E-state index is 13.4. The van der Waals surface area contributed by atoms with E-state index >= 15 is 0 Å². The molecule has 0 aliphatic carbocycles. The monoisotopic (exact) mass is 398 g/mol. The van der Waals surface area contributed by atoms with Crippen LogP contribution in [0.15, 0.2) is 36.4 Å². The molecular formula is C22H25FN3OS. The summed E-state index contributed by atoms with van der Waals surface area (Å²) in [5.74, 6) is 1.18. The predicted octanol–water partition coefficient (Wildman–Crippen LogP) is 4.93. The highest BCUT2D eigenvalue weighted by Crippen LogP contribution is 2.34. The van der Waals surface area contributed by atoms with E-state index in [2.05, 4.69) is 20.7 Å². The van der Waals surface area contributed by atoms with Crippen molar-refractivity contribution in [3.8, 4) is 5.75 Å². The van der Waals surface area contributed by atoms with Crippen LogP contribution in [0.2, 0.25) is 0 Å². The van der Waals surface area contributed by atoms with Crippen molar-refractivity contribution in [2.45, 2.75) is 25.2 Å². The number of likely N-dealkylation sites (tertiary alicyclic amines) is 1. The van der Waals surface area contributed by atoms with E-state index in [1.807, 2.05) is 31.3 Å². The van der Waals surface area contributed by atoms with Gasteiger partial charge in [-0.05, 0) is 74.2 Å². The number of fused-ring (bicyclic) bond motifs is 1. The van der Waals surface area contributed by atoms with Gasteiger partial charge in [0, 0.05) is 42.7 Å². The van der Waals surface area contributed by atoms with Crippen LogP contribution in [0, 0.1) is 11.9 Å². The molecule has 0 amide bonds. The van der Waals surface area contributed by atoms with E-state index in [4.69, 9.17) is 4.74 Å². The van der Waals surface area contributed by atoms with Gasteiger partial charge in [0.15, 0.2) is 0 Å². The van der Waals surface area contributed by atoms with E-state index in [9.17, 15) is 4.39 Å². The lowest BCUT2D eigenvalue weighted by molar-refractivity contribution is 0.192. The fourth-order valence-electron chi connectivity index (χ4n) is 3.81. The topological polar surface area (TPSA) is 37.4 Å². The second kappa shape index (κ2) is 8.88. The number of ether oxygens (including phenoxy) is 1. The molecule has 0 spiro atoms. The number of piperidine rings is 1. The zero-order valence-electron chi connectivity index (χ0n) is 16.1. The maximum Gasteiger partial charge on any atom is 0.124 e. The third-order valence-corrected chi connectivity index (χ3v) is 6.19. The molecule has 1 aliphatic rings. The van der Waals surface area contributed by atoms with E-state index in [-0.39, 0.29) is 5.82 Å². The van der Waals surface area contributed by atoms with Gasteiger partial charge in [-0.3, -0.25) is 0 Å². The van der Waals surface area contributed by atoms with E-state index in [1.54, 1.807) is 12.1 Å². The largest absolute Gasteiger partial charge is 0.493 e. The molecule has 4 rings (SSSR count). The van der Waals surface area contributed by atoms with Crippen LogP contribution in [0.3, 0.4) is 0 Å². The Morgan fingerprint density at radius 2 is 2.14 bits per heavy atom. The average molecular weight is 399 g/mol. The van der Waals surface area contributed by atoms with Crippen molar-refractivity contribution in [2.75, 3.05) is 38.6 Å². The standard InChI is InChI=1S/C22H25FN3OS/c1-24-18-4-2-5-19(15-18)27-13-3-10-26-11-8-16(9-12-26)22-20-7-6-17(23)14-21(20)28-25-22/h2,5-7,14-16,24H,3,8-13H2,1H3. The Morgan fingerprint density at radius 1 is 1.29 bits per heavy atom. The maximum atomic E-state index is 13.4. The Balaban J connectivity index is 1.23. The van der Waals surface area contributed by atoms with Crippen LogP contribution in [0.5, 0.6) is 5.75 Å². The molecule has 0 bridgehead atoms. The number of hydrogen-bond acceptors (Lipinski definition) is 5. The lowest BCUT2D eigenvalue weighted by Crippen LogP contribution is -2.34. The highest BCUT2D eigenvalue weighted by molar-refractivity contribution is 7.13. The lowest BCUT2D eigenvalue weighted by Gasteiger charge is -2.31. The molecule has 0 unspecified atom stereocenters. The second-order valence-electron chi connectivity index (χ2n) is 7.21. The van der Waals surface area contributed by atoms with Crippen LogP contribution in [-0.4, -0.2) is 42.6 Å². The van der Waals surface area contributed by atoms with Crippen molar-refractivity contribution >= 4 is 27.3 Å². The van der Waals surface area contributed by atoms with E-state index < -0.39 is 0 Å². The number of anilines is 1. The molecule has 1 aromatic heterocycles.